The van der Waals surface area contributed by atoms with Gasteiger partial charge in [0.2, 0.25) is 11.8 Å². The maximum atomic E-state index is 12.1. The van der Waals surface area contributed by atoms with Crippen LogP contribution >= 0.6 is 0 Å². The Kier molecular flexibility index (Phi) is 10.8. The molecule has 3 heterocycles. The lowest BCUT2D eigenvalue weighted by Gasteiger charge is -2.33. The normalized spacial score (nSPS) is 20.4. The average molecular weight is 544 g/mol. The zero-order valence-corrected chi connectivity index (χ0v) is 19.8. The minimum Gasteiger partial charge on any atom is -0.475 e. The molecule has 2 amide bonds. The van der Waals surface area contributed by atoms with E-state index in [1.807, 2.05) is 24.1 Å². The van der Waals surface area contributed by atoms with Gasteiger partial charge in [-0.1, -0.05) is 0 Å². The molecule has 3 rings (SSSR count). The van der Waals surface area contributed by atoms with Crippen molar-refractivity contribution in [2.45, 2.75) is 32.2 Å². The van der Waals surface area contributed by atoms with Gasteiger partial charge in [-0.3, -0.25) is 19.5 Å². The number of carbonyl (C=O) groups is 4. The fourth-order valence-electron chi connectivity index (χ4n) is 3.81. The van der Waals surface area contributed by atoms with Crippen molar-refractivity contribution >= 4 is 23.8 Å². The summed E-state index contributed by atoms with van der Waals surface area (Å²) in [5, 5.41) is 14.2. The van der Waals surface area contributed by atoms with E-state index in [1.165, 1.54) is 5.56 Å². The van der Waals surface area contributed by atoms with Crippen LogP contribution in [-0.2, 0) is 25.7 Å². The largest absolute Gasteiger partial charge is 0.490 e. The molecule has 2 fully saturated rings. The summed E-state index contributed by atoms with van der Waals surface area (Å²) in [6.45, 7) is 6.24. The molecule has 37 heavy (non-hydrogen) atoms. The van der Waals surface area contributed by atoms with Crippen LogP contribution in [0, 0.1) is 5.41 Å². The zero-order chi connectivity index (χ0) is 28.6. The summed E-state index contributed by atoms with van der Waals surface area (Å²) in [6.07, 6.45) is -6.03. The number of halogens is 6. The van der Waals surface area contributed by atoms with E-state index >= 15 is 0 Å². The third-order valence-electron chi connectivity index (χ3n) is 5.38. The molecule has 10 nitrogen and oxygen atoms in total. The average Bonchev–Trinajstić information content (AvgIpc) is 2.92. The third kappa shape index (κ3) is 10.6. The molecule has 1 atom stereocenters. The van der Waals surface area contributed by atoms with Crippen LogP contribution in [0.3, 0.4) is 0 Å². The van der Waals surface area contributed by atoms with E-state index in [9.17, 15) is 35.9 Å². The smallest absolute Gasteiger partial charge is 0.475 e. The van der Waals surface area contributed by atoms with E-state index in [4.69, 9.17) is 19.8 Å². The minimum absolute atomic E-state index is 0.0946. The fourth-order valence-corrected chi connectivity index (χ4v) is 3.81. The highest BCUT2D eigenvalue weighted by atomic mass is 19.4. The third-order valence-corrected chi connectivity index (χ3v) is 5.38. The van der Waals surface area contributed by atoms with Crippen molar-refractivity contribution in [2.75, 3.05) is 39.8 Å². The molecule has 16 heteroatoms. The van der Waals surface area contributed by atoms with Crippen LogP contribution in [0.2, 0.25) is 0 Å². The number of likely N-dealkylation sites (tertiary alicyclic amines) is 1. The van der Waals surface area contributed by atoms with Crippen LogP contribution in [0.4, 0.5) is 26.3 Å². The minimum atomic E-state index is -5.08. The lowest BCUT2D eigenvalue weighted by molar-refractivity contribution is -0.193. The van der Waals surface area contributed by atoms with Gasteiger partial charge in [0.25, 0.3) is 0 Å². The van der Waals surface area contributed by atoms with E-state index in [-0.39, 0.29) is 17.2 Å². The first kappa shape index (κ1) is 31.6. The van der Waals surface area contributed by atoms with Crippen LogP contribution in [0.1, 0.15) is 18.9 Å². The lowest BCUT2D eigenvalue weighted by Crippen LogP contribution is -2.43. The van der Waals surface area contributed by atoms with Gasteiger partial charge in [-0.15, -0.1) is 0 Å². The summed E-state index contributed by atoms with van der Waals surface area (Å²) < 4.78 is 63.5. The van der Waals surface area contributed by atoms with Gasteiger partial charge >= 0.3 is 24.3 Å². The van der Waals surface area contributed by atoms with Crippen molar-refractivity contribution in [1.82, 2.24) is 19.7 Å². The number of aromatic nitrogens is 1. The molecule has 2 saturated heterocycles. The fraction of sp³-hybridized carbons (Fsp3) is 0.571. The molecule has 0 bridgehead atoms. The molecular formula is C21H26F6N4O6. The van der Waals surface area contributed by atoms with Crippen LogP contribution in [0.5, 0.6) is 0 Å². The molecule has 2 aliphatic rings. The molecule has 2 aliphatic heterocycles. The summed E-state index contributed by atoms with van der Waals surface area (Å²) in [5.74, 6) is -5.24. The molecule has 0 radical (unpaired) electrons. The molecule has 1 unspecified atom stereocenters. The van der Waals surface area contributed by atoms with E-state index in [1.54, 1.807) is 24.2 Å². The summed E-state index contributed by atoms with van der Waals surface area (Å²) in [7, 11) is 1.85. The van der Waals surface area contributed by atoms with Crippen molar-refractivity contribution in [3.05, 3.63) is 30.1 Å². The van der Waals surface area contributed by atoms with Gasteiger partial charge in [0.05, 0.1) is 0 Å². The Morgan fingerprint density at radius 1 is 0.946 bits per heavy atom. The number of amides is 2. The number of aliphatic carboxylic acids is 2. The first-order chi connectivity index (χ1) is 16.9. The first-order valence-electron chi connectivity index (χ1n) is 10.6. The number of hydrogen-bond donors (Lipinski definition) is 2. The van der Waals surface area contributed by atoms with E-state index in [0.717, 1.165) is 32.7 Å². The molecule has 208 valence electrons. The number of carboxylic acids is 2. The number of rotatable bonds is 2. The van der Waals surface area contributed by atoms with E-state index in [0.29, 0.717) is 13.0 Å². The van der Waals surface area contributed by atoms with Crippen molar-refractivity contribution in [2.24, 2.45) is 5.41 Å². The quantitative estimate of drug-likeness (QED) is 0.540. The van der Waals surface area contributed by atoms with Gasteiger partial charge in [0, 0.05) is 77.5 Å². The van der Waals surface area contributed by atoms with Crippen molar-refractivity contribution in [3.8, 4) is 0 Å². The topological polar surface area (TPSA) is 131 Å². The Morgan fingerprint density at radius 2 is 1.43 bits per heavy atom. The van der Waals surface area contributed by atoms with Crippen molar-refractivity contribution in [3.63, 3.8) is 0 Å². The van der Waals surface area contributed by atoms with Gasteiger partial charge in [0.1, 0.15) is 0 Å². The Balaban J connectivity index is 0.000000404. The van der Waals surface area contributed by atoms with Crippen molar-refractivity contribution in [1.29, 1.82) is 0 Å². The molecule has 0 saturated carbocycles. The lowest BCUT2D eigenvalue weighted by atomic mass is 9.86. The molecule has 1 aromatic rings. The second-order valence-corrected chi connectivity index (χ2v) is 8.54. The molecule has 2 N–H and O–H groups in total. The predicted molar refractivity (Wildman–Crippen MR) is 114 cm³/mol. The maximum absolute atomic E-state index is 12.1. The standard InChI is InChI=1S/C17H24N4O2.2C2HF3O2/c1-14(22)21-8-7-20(10-15-3-5-18-6-4-15)12-17(13-21)9-16(23)19(2)11-17;2*3-2(4,5)1(6)7/h3-6H,7-13H2,1-2H3;2*(H,6,7). The van der Waals surface area contributed by atoms with Gasteiger partial charge in [-0.2, -0.15) is 26.3 Å². The Hall–Kier alpha value is -3.43. The molecule has 1 aromatic heterocycles. The van der Waals surface area contributed by atoms with Crippen LogP contribution in [0.25, 0.3) is 0 Å². The summed E-state index contributed by atoms with van der Waals surface area (Å²) in [5.41, 5.74) is 1.06. The SMILES string of the molecule is CC(=O)N1CCN(Cc2ccncc2)CC2(CC(=O)N(C)C2)C1.O=C(O)C(F)(F)F.O=C(O)C(F)(F)F. The Morgan fingerprint density at radius 3 is 1.81 bits per heavy atom. The Labute approximate surface area is 207 Å². The van der Waals surface area contributed by atoms with Gasteiger partial charge in [-0.05, 0) is 17.7 Å². The number of pyridine rings is 1. The predicted octanol–water partition coefficient (Wildman–Crippen LogP) is 1.86. The molecule has 0 aromatic carbocycles. The van der Waals surface area contributed by atoms with Crippen LogP contribution < -0.4 is 0 Å². The van der Waals surface area contributed by atoms with E-state index < -0.39 is 24.3 Å². The van der Waals surface area contributed by atoms with Gasteiger partial charge in [0.15, 0.2) is 0 Å². The molecule has 1 spiro atoms. The van der Waals surface area contributed by atoms with Gasteiger partial charge < -0.3 is 20.0 Å². The second kappa shape index (κ2) is 12.7. The van der Waals surface area contributed by atoms with E-state index in [2.05, 4.69) is 9.88 Å². The molecule has 0 aliphatic carbocycles. The monoisotopic (exact) mass is 544 g/mol. The summed E-state index contributed by atoms with van der Waals surface area (Å²) in [6, 6.07) is 4.04. The zero-order valence-electron chi connectivity index (χ0n) is 19.8. The Bertz CT molecular complexity index is 935. The number of carbonyl (C=O) groups excluding carboxylic acids is 2. The number of hydrogen-bond acceptors (Lipinski definition) is 6. The maximum Gasteiger partial charge on any atom is 0.490 e. The summed E-state index contributed by atoms with van der Waals surface area (Å²) >= 11 is 0. The highest BCUT2D eigenvalue weighted by Crippen LogP contribution is 2.34. The van der Waals surface area contributed by atoms with Crippen LogP contribution in [-0.4, -0.2) is 106 Å². The highest BCUT2D eigenvalue weighted by Gasteiger charge is 2.45. The number of alkyl halides is 6. The second-order valence-electron chi connectivity index (χ2n) is 8.54. The number of carboxylic acid groups (broad SMARTS) is 2. The van der Waals surface area contributed by atoms with Crippen molar-refractivity contribution < 1.29 is 55.7 Å². The van der Waals surface area contributed by atoms with Crippen LogP contribution in [0.15, 0.2) is 24.5 Å². The first-order valence-corrected chi connectivity index (χ1v) is 10.6. The number of nitrogens with zero attached hydrogens (tertiary/aromatic N) is 4. The summed E-state index contributed by atoms with van der Waals surface area (Å²) in [4.78, 5) is 51.9. The molecular weight excluding hydrogens is 518 g/mol. The van der Waals surface area contributed by atoms with Gasteiger partial charge in [-0.25, -0.2) is 9.59 Å². The highest BCUT2D eigenvalue weighted by molar-refractivity contribution is 5.80.